The highest BCUT2D eigenvalue weighted by atomic mass is 35.5. The topological polar surface area (TPSA) is 85.6 Å². The zero-order chi connectivity index (χ0) is 22.5. The van der Waals surface area contributed by atoms with Crippen molar-refractivity contribution in [2.45, 2.75) is 24.4 Å². The van der Waals surface area contributed by atoms with Crippen molar-refractivity contribution in [1.82, 2.24) is 30.3 Å². The van der Waals surface area contributed by atoms with Crippen LogP contribution in [0.1, 0.15) is 27.3 Å². The summed E-state index contributed by atoms with van der Waals surface area (Å²) in [6, 6.07) is 14.8. The molecular formula is C22H18Cl2N6OS. The molecule has 1 amide bonds. The van der Waals surface area contributed by atoms with Crippen LogP contribution >= 0.6 is 35.0 Å². The SMILES string of the molecule is Cc1ccc(CNC(=O)c2nnn(-c3cc(Cl)cc(Cl)c3)c2CSc2ncccn2)cc1. The van der Waals surface area contributed by atoms with Crippen LogP contribution in [-0.4, -0.2) is 30.9 Å². The number of carbonyl (C=O) groups is 1. The first-order chi connectivity index (χ1) is 15.5. The Morgan fingerprint density at radius 1 is 1.06 bits per heavy atom. The van der Waals surface area contributed by atoms with Crippen LogP contribution in [-0.2, 0) is 12.3 Å². The number of halogens is 2. The van der Waals surface area contributed by atoms with Gasteiger partial charge in [-0.05, 0) is 36.8 Å². The number of aryl methyl sites for hydroxylation is 1. The summed E-state index contributed by atoms with van der Waals surface area (Å²) >= 11 is 13.7. The molecule has 0 unspecified atom stereocenters. The van der Waals surface area contributed by atoms with Crippen molar-refractivity contribution in [2.24, 2.45) is 0 Å². The average molecular weight is 485 g/mol. The van der Waals surface area contributed by atoms with Crippen molar-refractivity contribution in [3.05, 3.63) is 93.5 Å². The molecule has 0 aliphatic carbocycles. The molecule has 32 heavy (non-hydrogen) atoms. The highest BCUT2D eigenvalue weighted by molar-refractivity contribution is 7.98. The maximum atomic E-state index is 13.0. The summed E-state index contributed by atoms with van der Waals surface area (Å²) in [6.07, 6.45) is 3.33. The van der Waals surface area contributed by atoms with Crippen molar-refractivity contribution in [1.29, 1.82) is 0 Å². The first-order valence-corrected chi connectivity index (χ1v) is 11.4. The van der Waals surface area contributed by atoms with Gasteiger partial charge in [-0.25, -0.2) is 14.6 Å². The molecule has 2 aromatic carbocycles. The van der Waals surface area contributed by atoms with E-state index in [1.165, 1.54) is 11.8 Å². The molecule has 4 rings (SSSR count). The molecule has 0 bridgehead atoms. The monoisotopic (exact) mass is 484 g/mol. The second-order valence-corrected chi connectivity index (χ2v) is 8.73. The first-order valence-electron chi connectivity index (χ1n) is 9.64. The zero-order valence-corrected chi connectivity index (χ0v) is 19.3. The van der Waals surface area contributed by atoms with Crippen molar-refractivity contribution in [2.75, 3.05) is 0 Å². The Balaban J connectivity index is 1.62. The molecule has 10 heteroatoms. The molecule has 2 aromatic heterocycles. The minimum Gasteiger partial charge on any atom is -0.347 e. The smallest absolute Gasteiger partial charge is 0.274 e. The van der Waals surface area contributed by atoms with E-state index in [1.54, 1.807) is 41.3 Å². The molecule has 7 nitrogen and oxygen atoms in total. The minimum absolute atomic E-state index is 0.219. The Bertz CT molecular complexity index is 1210. The van der Waals surface area contributed by atoms with Crippen LogP contribution in [0.15, 0.2) is 66.1 Å². The Hall–Kier alpha value is -2.94. The molecule has 0 fully saturated rings. The highest BCUT2D eigenvalue weighted by Crippen LogP contribution is 2.26. The van der Waals surface area contributed by atoms with Crippen LogP contribution < -0.4 is 5.32 Å². The van der Waals surface area contributed by atoms with Gasteiger partial charge in [0.15, 0.2) is 10.9 Å². The molecule has 4 aromatic rings. The summed E-state index contributed by atoms with van der Waals surface area (Å²) < 4.78 is 1.56. The summed E-state index contributed by atoms with van der Waals surface area (Å²) in [7, 11) is 0. The molecule has 2 heterocycles. The van der Waals surface area contributed by atoms with Crippen molar-refractivity contribution in [3.63, 3.8) is 0 Å². The molecule has 0 aliphatic heterocycles. The second-order valence-electron chi connectivity index (χ2n) is 6.91. The van der Waals surface area contributed by atoms with Crippen LogP contribution in [0.2, 0.25) is 10.0 Å². The number of hydrogen-bond acceptors (Lipinski definition) is 6. The van der Waals surface area contributed by atoms with Gasteiger partial charge in [-0.1, -0.05) is 70.0 Å². The number of rotatable bonds is 7. The molecule has 0 saturated carbocycles. The van der Waals surface area contributed by atoms with Gasteiger partial charge in [0.05, 0.1) is 11.4 Å². The largest absolute Gasteiger partial charge is 0.347 e. The maximum Gasteiger partial charge on any atom is 0.274 e. The van der Waals surface area contributed by atoms with Crippen molar-refractivity contribution in [3.8, 4) is 5.69 Å². The molecule has 0 saturated heterocycles. The number of thioether (sulfide) groups is 1. The van der Waals surface area contributed by atoms with Gasteiger partial charge in [0, 0.05) is 34.7 Å². The van der Waals surface area contributed by atoms with E-state index < -0.39 is 0 Å². The van der Waals surface area contributed by atoms with E-state index in [0.717, 1.165) is 11.1 Å². The van der Waals surface area contributed by atoms with Crippen molar-refractivity contribution >= 4 is 40.9 Å². The van der Waals surface area contributed by atoms with Crippen LogP contribution in [0.25, 0.3) is 5.69 Å². The van der Waals surface area contributed by atoms with E-state index in [1.807, 2.05) is 31.2 Å². The Kier molecular flexibility index (Phi) is 7.04. The number of amides is 1. The van der Waals surface area contributed by atoms with Crippen molar-refractivity contribution < 1.29 is 4.79 Å². The number of aromatic nitrogens is 5. The summed E-state index contributed by atoms with van der Waals surface area (Å²) in [6.45, 7) is 2.40. The Morgan fingerprint density at radius 2 is 1.75 bits per heavy atom. The lowest BCUT2D eigenvalue weighted by molar-refractivity contribution is 0.0945. The fourth-order valence-electron chi connectivity index (χ4n) is 2.94. The number of benzene rings is 2. The predicted molar refractivity (Wildman–Crippen MR) is 125 cm³/mol. The van der Waals surface area contributed by atoms with Crippen LogP contribution in [0.3, 0.4) is 0 Å². The van der Waals surface area contributed by atoms with Gasteiger partial charge in [-0.3, -0.25) is 4.79 Å². The lowest BCUT2D eigenvalue weighted by Crippen LogP contribution is -2.24. The summed E-state index contributed by atoms with van der Waals surface area (Å²) in [4.78, 5) is 21.4. The van der Waals surface area contributed by atoms with E-state index in [2.05, 4.69) is 25.6 Å². The maximum absolute atomic E-state index is 13.0. The van der Waals surface area contributed by atoms with E-state index >= 15 is 0 Å². The first kappa shape index (κ1) is 22.3. The lowest BCUT2D eigenvalue weighted by atomic mass is 10.1. The number of carbonyl (C=O) groups excluding carboxylic acids is 1. The fourth-order valence-corrected chi connectivity index (χ4v) is 4.25. The van der Waals surface area contributed by atoms with E-state index in [0.29, 0.717) is 38.9 Å². The van der Waals surface area contributed by atoms with E-state index in [-0.39, 0.29) is 11.6 Å². The average Bonchev–Trinajstić information content (AvgIpc) is 3.21. The third-order valence-corrected chi connectivity index (χ3v) is 5.85. The van der Waals surface area contributed by atoms with Gasteiger partial charge >= 0.3 is 0 Å². The van der Waals surface area contributed by atoms with Gasteiger partial charge in [-0.2, -0.15) is 0 Å². The lowest BCUT2D eigenvalue weighted by Gasteiger charge is -2.09. The fraction of sp³-hybridized carbons (Fsp3) is 0.136. The van der Waals surface area contributed by atoms with E-state index in [4.69, 9.17) is 23.2 Å². The number of nitrogens with zero attached hydrogens (tertiary/aromatic N) is 5. The second kappa shape index (κ2) is 10.1. The molecular weight excluding hydrogens is 467 g/mol. The quantitative estimate of drug-likeness (QED) is 0.296. The summed E-state index contributed by atoms with van der Waals surface area (Å²) in [5.41, 5.74) is 3.56. The van der Waals surface area contributed by atoms with Gasteiger partial charge in [0.1, 0.15) is 0 Å². The van der Waals surface area contributed by atoms with Gasteiger partial charge in [0.2, 0.25) is 0 Å². The third kappa shape index (κ3) is 5.45. The summed E-state index contributed by atoms with van der Waals surface area (Å²) in [5.74, 6) is 0.0450. The summed E-state index contributed by atoms with van der Waals surface area (Å²) in [5, 5.41) is 12.8. The number of nitrogens with one attached hydrogen (secondary N) is 1. The predicted octanol–water partition coefficient (Wildman–Crippen LogP) is 4.89. The molecule has 0 spiro atoms. The highest BCUT2D eigenvalue weighted by Gasteiger charge is 2.21. The molecule has 1 N–H and O–H groups in total. The molecule has 0 atom stereocenters. The minimum atomic E-state index is -0.325. The molecule has 162 valence electrons. The van der Waals surface area contributed by atoms with Crippen LogP contribution in [0.5, 0.6) is 0 Å². The van der Waals surface area contributed by atoms with Gasteiger partial charge in [0.25, 0.3) is 5.91 Å². The molecule has 0 aliphatic rings. The Labute approximate surface area is 199 Å². The van der Waals surface area contributed by atoms with Crippen LogP contribution in [0, 0.1) is 6.92 Å². The standard InChI is InChI=1S/C22H18Cl2N6OS/c1-14-3-5-15(6-4-14)12-27-21(31)20-19(13-32-22-25-7-2-8-26-22)30(29-28-20)18-10-16(23)9-17(24)11-18/h2-11H,12-13H2,1H3,(H,27,31). The normalized spacial score (nSPS) is 10.8. The third-order valence-electron chi connectivity index (χ3n) is 4.52. The zero-order valence-electron chi connectivity index (χ0n) is 17.0. The van der Waals surface area contributed by atoms with Gasteiger partial charge in [-0.15, -0.1) is 5.10 Å². The molecule has 0 radical (unpaired) electrons. The van der Waals surface area contributed by atoms with E-state index in [9.17, 15) is 4.79 Å². The van der Waals surface area contributed by atoms with Crippen LogP contribution in [0.4, 0.5) is 0 Å². The number of hydrogen-bond donors (Lipinski definition) is 1. The van der Waals surface area contributed by atoms with Gasteiger partial charge < -0.3 is 5.32 Å². The Morgan fingerprint density at radius 3 is 2.44 bits per heavy atom.